The number of pyridine rings is 1. The summed E-state index contributed by atoms with van der Waals surface area (Å²) >= 11 is 0. The van der Waals surface area contributed by atoms with E-state index in [0.29, 0.717) is 6.61 Å². The number of urea groups is 1. The highest BCUT2D eigenvalue weighted by atomic mass is 16.5. The number of hydrogen-bond donors (Lipinski definition) is 2. The molecule has 2 N–H and O–H groups in total. The van der Waals surface area contributed by atoms with Crippen LogP contribution in [0, 0.1) is 0 Å². The molecule has 2 heterocycles. The van der Waals surface area contributed by atoms with Crippen molar-refractivity contribution in [3.05, 3.63) is 71.9 Å². The van der Waals surface area contributed by atoms with Gasteiger partial charge in [-0.25, -0.2) is 4.79 Å². The summed E-state index contributed by atoms with van der Waals surface area (Å²) in [5.74, 6) is 0.240. The molecular weight excluding hydrogens is 388 g/mol. The van der Waals surface area contributed by atoms with E-state index in [1.807, 2.05) is 36.4 Å². The van der Waals surface area contributed by atoms with Gasteiger partial charge in [-0.15, -0.1) is 0 Å². The second-order valence-corrected chi connectivity index (χ2v) is 8.00. The van der Waals surface area contributed by atoms with Gasteiger partial charge in [0.25, 0.3) is 0 Å². The monoisotopic (exact) mass is 418 g/mol. The smallest absolute Gasteiger partial charge is 0.319 e. The van der Waals surface area contributed by atoms with Gasteiger partial charge in [0.1, 0.15) is 0 Å². The third-order valence-electron chi connectivity index (χ3n) is 5.94. The standard InChI is InChI=1S/C25H30N4O2/c1-3-21-23(15-19-11-7-8-12-22(19)26-21)27-25(30)28-24-17-29(13-14-31-2)16-20(24)18-9-5-4-6-10-18/h4-12,15,20,24H,3,13-14,16-17H2,1-2H3,(H2,27,28,30)/t20-,24+/m0/s1. The molecule has 162 valence electrons. The first kappa shape index (κ1) is 21.3. The zero-order valence-corrected chi connectivity index (χ0v) is 18.2. The molecule has 2 amide bonds. The lowest BCUT2D eigenvalue weighted by Crippen LogP contribution is -2.42. The molecule has 1 aromatic heterocycles. The number of fused-ring (bicyclic) bond motifs is 1. The van der Waals surface area contributed by atoms with Crippen LogP contribution in [0.4, 0.5) is 10.5 Å². The molecule has 0 aliphatic carbocycles. The summed E-state index contributed by atoms with van der Waals surface area (Å²) in [7, 11) is 1.72. The quantitative estimate of drug-likeness (QED) is 0.608. The lowest BCUT2D eigenvalue weighted by atomic mass is 9.94. The molecule has 6 nitrogen and oxygen atoms in total. The highest BCUT2D eigenvalue weighted by Crippen LogP contribution is 2.28. The van der Waals surface area contributed by atoms with Crippen molar-refractivity contribution in [1.82, 2.24) is 15.2 Å². The van der Waals surface area contributed by atoms with Crippen molar-refractivity contribution in [2.24, 2.45) is 0 Å². The van der Waals surface area contributed by atoms with Crippen molar-refractivity contribution in [2.75, 3.05) is 38.7 Å². The summed E-state index contributed by atoms with van der Waals surface area (Å²) in [5, 5.41) is 7.29. The number of rotatable bonds is 7. The number of benzene rings is 2. The second-order valence-electron chi connectivity index (χ2n) is 8.00. The number of methoxy groups -OCH3 is 1. The van der Waals surface area contributed by atoms with Crippen LogP contribution in [0.5, 0.6) is 0 Å². The number of carbonyl (C=O) groups excluding carboxylic acids is 1. The van der Waals surface area contributed by atoms with Crippen LogP contribution < -0.4 is 10.6 Å². The zero-order valence-electron chi connectivity index (χ0n) is 18.2. The van der Waals surface area contributed by atoms with E-state index in [9.17, 15) is 4.79 Å². The minimum atomic E-state index is -0.189. The van der Waals surface area contributed by atoms with Crippen LogP contribution in [0.25, 0.3) is 10.9 Å². The summed E-state index contributed by atoms with van der Waals surface area (Å²) in [6.45, 7) is 5.29. The molecule has 0 bridgehead atoms. The first-order valence-corrected chi connectivity index (χ1v) is 10.9. The number of hydrogen-bond acceptors (Lipinski definition) is 4. The molecule has 2 aromatic carbocycles. The van der Waals surface area contributed by atoms with E-state index in [2.05, 4.69) is 46.7 Å². The molecule has 3 aromatic rings. The van der Waals surface area contributed by atoms with Crippen molar-refractivity contribution < 1.29 is 9.53 Å². The Labute approximate surface area is 183 Å². The van der Waals surface area contributed by atoms with Gasteiger partial charge in [0.2, 0.25) is 0 Å². The summed E-state index contributed by atoms with van der Waals surface area (Å²) < 4.78 is 5.25. The number of nitrogens with one attached hydrogen (secondary N) is 2. The van der Waals surface area contributed by atoms with E-state index in [1.165, 1.54) is 5.56 Å². The Morgan fingerprint density at radius 3 is 2.68 bits per heavy atom. The highest BCUT2D eigenvalue weighted by molar-refractivity contribution is 5.93. The van der Waals surface area contributed by atoms with Gasteiger partial charge >= 0.3 is 6.03 Å². The summed E-state index contributed by atoms with van der Waals surface area (Å²) in [6, 6.07) is 20.2. The van der Waals surface area contributed by atoms with E-state index < -0.39 is 0 Å². The number of amides is 2. The van der Waals surface area contributed by atoms with E-state index in [-0.39, 0.29) is 18.0 Å². The molecule has 1 fully saturated rings. The van der Waals surface area contributed by atoms with Gasteiger partial charge in [-0.3, -0.25) is 9.88 Å². The minimum absolute atomic E-state index is 0.0257. The number of aromatic nitrogens is 1. The summed E-state index contributed by atoms with van der Waals surface area (Å²) in [6.07, 6.45) is 0.751. The van der Waals surface area contributed by atoms with Crippen molar-refractivity contribution in [2.45, 2.75) is 25.3 Å². The maximum atomic E-state index is 13.0. The van der Waals surface area contributed by atoms with Gasteiger partial charge in [0, 0.05) is 38.0 Å². The second kappa shape index (κ2) is 9.90. The molecule has 31 heavy (non-hydrogen) atoms. The van der Waals surface area contributed by atoms with Gasteiger partial charge in [0.15, 0.2) is 0 Å². The van der Waals surface area contributed by atoms with Crippen LogP contribution in [0.2, 0.25) is 0 Å². The Morgan fingerprint density at radius 2 is 1.90 bits per heavy atom. The van der Waals surface area contributed by atoms with Crippen LogP contribution in [0.1, 0.15) is 24.1 Å². The number of carbonyl (C=O) groups is 1. The number of para-hydroxylation sites is 1. The number of aryl methyl sites for hydroxylation is 1. The van der Waals surface area contributed by atoms with Gasteiger partial charge in [-0.2, -0.15) is 0 Å². The van der Waals surface area contributed by atoms with E-state index in [0.717, 1.165) is 48.3 Å². The Morgan fingerprint density at radius 1 is 1.13 bits per heavy atom. The van der Waals surface area contributed by atoms with Crippen LogP contribution in [-0.4, -0.2) is 55.3 Å². The topological polar surface area (TPSA) is 66.5 Å². The Bertz CT molecular complexity index is 1020. The van der Waals surface area contributed by atoms with Gasteiger partial charge in [-0.05, 0) is 24.1 Å². The largest absolute Gasteiger partial charge is 0.383 e. The van der Waals surface area contributed by atoms with Crippen molar-refractivity contribution >= 4 is 22.6 Å². The van der Waals surface area contributed by atoms with Crippen molar-refractivity contribution in [3.63, 3.8) is 0 Å². The van der Waals surface area contributed by atoms with Gasteiger partial charge < -0.3 is 15.4 Å². The molecular formula is C25H30N4O2. The van der Waals surface area contributed by atoms with Crippen LogP contribution in [0.15, 0.2) is 60.7 Å². The van der Waals surface area contributed by atoms with Crippen LogP contribution in [-0.2, 0) is 11.2 Å². The van der Waals surface area contributed by atoms with Gasteiger partial charge in [-0.1, -0.05) is 55.5 Å². The fraction of sp³-hybridized carbons (Fsp3) is 0.360. The van der Waals surface area contributed by atoms with Crippen LogP contribution >= 0.6 is 0 Å². The fourth-order valence-electron chi connectivity index (χ4n) is 4.33. The molecule has 0 radical (unpaired) electrons. The maximum Gasteiger partial charge on any atom is 0.319 e. The third-order valence-corrected chi connectivity index (χ3v) is 5.94. The zero-order chi connectivity index (χ0) is 21.6. The number of likely N-dealkylation sites (tertiary alicyclic amines) is 1. The molecule has 1 saturated heterocycles. The van der Waals surface area contributed by atoms with Gasteiger partial charge in [0.05, 0.1) is 29.5 Å². The predicted molar refractivity (Wildman–Crippen MR) is 125 cm³/mol. The first-order chi connectivity index (χ1) is 15.2. The summed E-state index contributed by atoms with van der Waals surface area (Å²) in [4.78, 5) is 20.0. The number of anilines is 1. The SMILES string of the molecule is CCc1nc2ccccc2cc1NC(=O)N[C@@H]1CN(CCOC)C[C@H]1c1ccccc1. The Hall–Kier alpha value is -2.96. The minimum Gasteiger partial charge on any atom is -0.383 e. The van der Waals surface area contributed by atoms with E-state index >= 15 is 0 Å². The molecule has 0 saturated carbocycles. The average Bonchev–Trinajstić information content (AvgIpc) is 3.20. The van der Waals surface area contributed by atoms with Crippen molar-refractivity contribution in [1.29, 1.82) is 0 Å². The van der Waals surface area contributed by atoms with Crippen molar-refractivity contribution in [3.8, 4) is 0 Å². The predicted octanol–water partition coefficient (Wildman–Crippen LogP) is 4.03. The maximum absolute atomic E-state index is 13.0. The molecule has 0 unspecified atom stereocenters. The number of nitrogens with zero attached hydrogens (tertiary/aromatic N) is 2. The van der Waals surface area contributed by atoms with E-state index in [4.69, 9.17) is 9.72 Å². The van der Waals surface area contributed by atoms with Crippen LogP contribution in [0.3, 0.4) is 0 Å². The summed E-state index contributed by atoms with van der Waals surface area (Å²) in [5.41, 5.74) is 3.85. The number of ether oxygens (including phenoxy) is 1. The fourth-order valence-corrected chi connectivity index (χ4v) is 4.33. The normalized spacial score (nSPS) is 18.9. The molecule has 1 aliphatic rings. The molecule has 6 heteroatoms. The lowest BCUT2D eigenvalue weighted by molar-refractivity contribution is 0.159. The lowest BCUT2D eigenvalue weighted by Gasteiger charge is -2.21. The molecule has 1 aliphatic heterocycles. The van der Waals surface area contributed by atoms with E-state index in [1.54, 1.807) is 7.11 Å². The molecule has 4 rings (SSSR count). The third kappa shape index (κ3) is 5.03. The average molecular weight is 419 g/mol. The molecule has 0 spiro atoms. The first-order valence-electron chi connectivity index (χ1n) is 10.9. The molecule has 2 atom stereocenters. The Balaban J connectivity index is 1.50. The highest BCUT2D eigenvalue weighted by Gasteiger charge is 2.34. The Kier molecular flexibility index (Phi) is 6.79.